The lowest BCUT2D eigenvalue weighted by molar-refractivity contribution is -0.342. The van der Waals surface area contributed by atoms with Crippen LogP contribution in [0.25, 0.3) is 11.0 Å². The summed E-state index contributed by atoms with van der Waals surface area (Å²) < 4.78 is 15.4. The summed E-state index contributed by atoms with van der Waals surface area (Å²) in [7, 11) is 0. The highest BCUT2D eigenvalue weighted by Crippen LogP contribution is 2.27. The molecule has 9 nitrogen and oxygen atoms in total. The lowest BCUT2D eigenvalue weighted by atomic mass is 9.99. The van der Waals surface area contributed by atoms with Crippen LogP contribution < -0.4 is 15.5 Å². The third kappa shape index (κ3) is 3.22. The Labute approximate surface area is 140 Å². The van der Waals surface area contributed by atoms with Crippen molar-refractivity contribution in [3.8, 4) is 5.75 Å². The number of hydrogen-bond acceptors (Lipinski definition) is 9. The first-order chi connectivity index (χ1) is 11.8. The van der Waals surface area contributed by atoms with Gasteiger partial charge in [0.15, 0.2) is 0 Å². The lowest BCUT2D eigenvalue weighted by Crippen LogP contribution is -2.63. The SMILES string of the molecule is Cc1cc(=O)oc2cc(O[C@H]3O[C@@H](C(=O)[O-])[C@@H](O)[C@@H](O)[C@@H]3O)ccc12. The molecular formula is C16H15O9-. The summed E-state index contributed by atoms with van der Waals surface area (Å²) in [5.41, 5.74) is 0.374. The number of carbonyl (C=O) groups is 1. The molecule has 1 aromatic heterocycles. The minimum atomic E-state index is -1.87. The van der Waals surface area contributed by atoms with Crippen molar-refractivity contribution in [1.29, 1.82) is 0 Å². The van der Waals surface area contributed by atoms with E-state index in [0.29, 0.717) is 10.9 Å². The molecule has 0 unspecified atom stereocenters. The molecule has 0 saturated carbocycles. The Bertz CT molecular complexity index is 858. The zero-order valence-electron chi connectivity index (χ0n) is 13.0. The summed E-state index contributed by atoms with van der Waals surface area (Å²) >= 11 is 0. The molecule has 0 bridgehead atoms. The Morgan fingerprint density at radius 2 is 1.88 bits per heavy atom. The highest BCUT2D eigenvalue weighted by molar-refractivity contribution is 5.81. The molecule has 1 saturated heterocycles. The van der Waals surface area contributed by atoms with E-state index in [2.05, 4.69) is 0 Å². The molecule has 9 heteroatoms. The van der Waals surface area contributed by atoms with Gasteiger partial charge in [0.2, 0.25) is 6.29 Å². The fourth-order valence-electron chi connectivity index (χ4n) is 2.65. The average Bonchev–Trinajstić information content (AvgIpc) is 2.54. The van der Waals surface area contributed by atoms with E-state index in [4.69, 9.17) is 13.9 Å². The van der Waals surface area contributed by atoms with E-state index in [1.165, 1.54) is 18.2 Å². The number of carboxylic acid groups (broad SMARTS) is 1. The molecule has 1 aromatic carbocycles. The fourth-order valence-corrected chi connectivity index (χ4v) is 2.65. The summed E-state index contributed by atoms with van der Waals surface area (Å²) in [6.07, 6.45) is -8.82. The second-order valence-corrected chi connectivity index (χ2v) is 5.74. The van der Waals surface area contributed by atoms with Crippen LogP contribution in [0.15, 0.2) is 33.5 Å². The van der Waals surface area contributed by atoms with Crippen LogP contribution in [0.5, 0.6) is 5.75 Å². The number of fused-ring (bicyclic) bond motifs is 1. The predicted molar refractivity (Wildman–Crippen MR) is 79.5 cm³/mol. The van der Waals surface area contributed by atoms with Crippen LogP contribution in [0.3, 0.4) is 0 Å². The van der Waals surface area contributed by atoms with Crippen LogP contribution in [0, 0.1) is 6.92 Å². The van der Waals surface area contributed by atoms with Gasteiger partial charge in [-0.1, -0.05) is 0 Å². The standard InChI is InChI=1S/C16H16O9/c1-6-4-10(17)24-9-5-7(2-3-8(6)9)23-16-13(20)11(18)12(19)14(25-16)15(21)22/h2-5,11-14,16,18-20H,1H3,(H,21,22)/p-1/t11-,12+,13+,14-,16+/m1/s1. The smallest absolute Gasteiger partial charge is 0.336 e. The number of carbonyl (C=O) groups excluding carboxylic acids is 1. The van der Waals surface area contributed by atoms with E-state index in [0.717, 1.165) is 0 Å². The highest BCUT2D eigenvalue weighted by atomic mass is 16.7. The first-order valence-corrected chi connectivity index (χ1v) is 7.39. The Morgan fingerprint density at radius 1 is 1.16 bits per heavy atom. The molecule has 0 radical (unpaired) electrons. The number of hydrogen-bond donors (Lipinski definition) is 3. The lowest BCUT2D eigenvalue weighted by Gasteiger charge is -2.40. The third-order valence-electron chi connectivity index (χ3n) is 3.98. The van der Waals surface area contributed by atoms with Gasteiger partial charge in [-0.2, -0.15) is 0 Å². The van der Waals surface area contributed by atoms with Gasteiger partial charge in [0, 0.05) is 17.5 Å². The van der Waals surface area contributed by atoms with Crippen molar-refractivity contribution in [2.45, 2.75) is 37.6 Å². The molecule has 134 valence electrons. The Hall–Kier alpha value is -2.46. The normalized spacial score (nSPS) is 29.5. The minimum absolute atomic E-state index is 0.103. The first-order valence-electron chi connectivity index (χ1n) is 7.39. The molecule has 3 rings (SSSR count). The molecule has 1 fully saturated rings. The topological polar surface area (TPSA) is 149 Å². The van der Waals surface area contributed by atoms with Gasteiger partial charge in [-0.3, -0.25) is 0 Å². The molecule has 3 N–H and O–H groups in total. The monoisotopic (exact) mass is 351 g/mol. The number of aliphatic hydroxyl groups is 3. The van der Waals surface area contributed by atoms with Crippen molar-refractivity contribution in [2.24, 2.45) is 0 Å². The van der Waals surface area contributed by atoms with E-state index >= 15 is 0 Å². The predicted octanol–water partition coefficient (Wildman–Crippen LogP) is -1.96. The largest absolute Gasteiger partial charge is 0.547 e. The maximum atomic E-state index is 11.4. The number of aliphatic hydroxyl groups excluding tert-OH is 3. The van der Waals surface area contributed by atoms with Crippen molar-refractivity contribution in [1.82, 2.24) is 0 Å². The number of aliphatic carboxylic acids is 1. The third-order valence-corrected chi connectivity index (χ3v) is 3.98. The van der Waals surface area contributed by atoms with Crippen molar-refractivity contribution in [2.75, 3.05) is 0 Å². The maximum Gasteiger partial charge on any atom is 0.336 e. The minimum Gasteiger partial charge on any atom is -0.547 e. The molecule has 0 amide bonds. The number of aryl methyl sites for hydroxylation is 1. The second-order valence-electron chi connectivity index (χ2n) is 5.74. The summed E-state index contributed by atoms with van der Waals surface area (Å²) in [6.45, 7) is 1.73. The van der Waals surface area contributed by atoms with E-state index in [1.807, 2.05) is 0 Å². The Balaban J connectivity index is 1.89. The van der Waals surface area contributed by atoms with Crippen LogP contribution in [-0.2, 0) is 9.53 Å². The zero-order valence-corrected chi connectivity index (χ0v) is 13.0. The van der Waals surface area contributed by atoms with Gasteiger partial charge in [-0.15, -0.1) is 0 Å². The maximum absolute atomic E-state index is 11.4. The summed E-state index contributed by atoms with van der Waals surface area (Å²) in [5.74, 6) is -1.65. The van der Waals surface area contributed by atoms with Crippen molar-refractivity contribution >= 4 is 16.9 Å². The van der Waals surface area contributed by atoms with Crippen molar-refractivity contribution in [3.05, 3.63) is 40.2 Å². The molecule has 5 atom stereocenters. The molecule has 1 aliphatic heterocycles. The van der Waals surface area contributed by atoms with Crippen LogP contribution in [-0.4, -0.2) is 52.0 Å². The Morgan fingerprint density at radius 3 is 2.56 bits per heavy atom. The number of ether oxygens (including phenoxy) is 2. The molecule has 0 aliphatic carbocycles. The zero-order chi connectivity index (χ0) is 18.3. The molecule has 2 heterocycles. The molecule has 0 spiro atoms. The number of carboxylic acids is 1. The van der Waals surface area contributed by atoms with Crippen molar-refractivity contribution < 1.29 is 39.1 Å². The van der Waals surface area contributed by atoms with Crippen LogP contribution in [0.4, 0.5) is 0 Å². The van der Waals surface area contributed by atoms with Gasteiger partial charge in [0.05, 0.1) is 5.97 Å². The van der Waals surface area contributed by atoms with Crippen molar-refractivity contribution in [3.63, 3.8) is 0 Å². The van der Waals surface area contributed by atoms with E-state index in [9.17, 15) is 30.0 Å². The van der Waals surface area contributed by atoms with Gasteiger partial charge >= 0.3 is 5.63 Å². The van der Waals surface area contributed by atoms with Gasteiger partial charge in [-0.25, -0.2) is 4.79 Å². The molecular weight excluding hydrogens is 336 g/mol. The van der Waals surface area contributed by atoms with Crippen LogP contribution in [0.1, 0.15) is 5.56 Å². The summed E-state index contributed by atoms with van der Waals surface area (Å²) in [5, 5.41) is 40.9. The number of rotatable bonds is 3. The Kier molecular flexibility index (Phi) is 4.48. The quantitative estimate of drug-likeness (QED) is 0.536. The molecule has 2 aromatic rings. The molecule has 1 aliphatic rings. The van der Waals surface area contributed by atoms with Gasteiger partial charge in [0.1, 0.15) is 35.7 Å². The highest BCUT2D eigenvalue weighted by Gasteiger charge is 2.45. The van der Waals surface area contributed by atoms with E-state index in [-0.39, 0.29) is 11.3 Å². The first kappa shape index (κ1) is 17.4. The average molecular weight is 351 g/mol. The number of benzene rings is 1. The van der Waals surface area contributed by atoms with Gasteiger partial charge in [0.25, 0.3) is 0 Å². The fraction of sp³-hybridized carbons (Fsp3) is 0.375. The van der Waals surface area contributed by atoms with E-state index in [1.54, 1.807) is 13.0 Å². The second kappa shape index (κ2) is 6.45. The summed E-state index contributed by atoms with van der Waals surface area (Å²) in [4.78, 5) is 22.4. The summed E-state index contributed by atoms with van der Waals surface area (Å²) in [6, 6.07) is 5.81. The van der Waals surface area contributed by atoms with E-state index < -0.39 is 42.3 Å². The van der Waals surface area contributed by atoms with Gasteiger partial charge in [-0.05, 0) is 24.6 Å². The van der Waals surface area contributed by atoms with Crippen LogP contribution in [0.2, 0.25) is 0 Å². The van der Waals surface area contributed by atoms with Gasteiger partial charge < -0.3 is 39.1 Å². The molecule has 25 heavy (non-hydrogen) atoms. The van der Waals surface area contributed by atoms with Crippen LogP contribution >= 0.6 is 0 Å².